The van der Waals surface area contributed by atoms with Crippen molar-refractivity contribution in [3.8, 4) is 11.3 Å². The van der Waals surface area contributed by atoms with Crippen molar-refractivity contribution in [3.63, 3.8) is 0 Å². The minimum absolute atomic E-state index is 0.0150. The number of carbonyl (C=O) groups is 1. The Balaban J connectivity index is 1.40. The number of nitrogens with one attached hydrogen (secondary N) is 1. The molecule has 3 N–H and O–H groups in total. The van der Waals surface area contributed by atoms with Gasteiger partial charge >= 0.3 is 6.18 Å². The fraction of sp³-hybridized carbons (Fsp3) is 0.370. The Bertz CT molecular complexity index is 1550. The second-order valence-corrected chi connectivity index (χ2v) is 12.0. The van der Waals surface area contributed by atoms with Crippen molar-refractivity contribution >= 4 is 39.1 Å². The summed E-state index contributed by atoms with van der Waals surface area (Å²) >= 11 is 0. The summed E-state index contributed by atoms with van der Waals surface area (Å²) in [4.78, 5) is 25.5. The number of nitrogen functional groups attached to an aromatic ring is 1. The van der Waals surface area contributed by atoms with Crippen LogP contribution in [0.3, 0.4) is 0 Å². The van der Waals surface area contributed by atoms with Crippen LogP contribution in [-0.4, -0.2) is 92.2 Å². The highest BCUT2D eigenvalue weighted by Crippen LogP contribution is 2.38. The molecule has 224 valence electrons. The number of alkyl halides is 3. The highest BCUT2D eigenvalue weighted by atomic mass is 32.2. The molecule has 2 aliphatic rings. The molecule has 1 amide bonds. The fourth-order valence-corrected chi connectivity index (χ4v) is 5.66. The zero-order valence-electron chi connectivity index (χ0n) is 22.8. The van der Waals surface area contributed by atoms with E-state index in [0.717, 1.165) is 12.3 Å². The van der Waals surface area contributed by atoms with Gasteiger partial charge in [-0.2, -0.15) is 22.5 Å². The molecular weight excluding hydrogens is 575 g/mol. The van der Waals surface area contributed by atoms with Crippen molar-refractivity contribution in [1.29, 1.82) is 0 Å². The van der Waals surface area contributed by atoms with E-state index in [2.05, 4.69) is 15.3 Å². The molecular formula is C27H30F3N7O4S. The Labute approximate surface area is 241 Å². The number of aromatic nitrogens is 2. The summed E-state index contributed by atoms with van der Waals surface area (Å²) in [6.45, 7) is 2.95. The lowest BCUT2D eigenvalue weighted by molar-refractivity contribution is -0.137. The third-order valence-corrected chi connectivity index (χ3v) is 8.36. The van der Waals surface area contributed by atoms with Gasteiger partial charge in [0.2, 0.25) is 16.0 Å². The maximum Gasteiger partial charge on any atom is 0.417 e. The first-order chi connectivity index (χ1) is 19.9. The van der Waals surface area contributed by atoms with Gasteiger partial charge in [0.25, 0.3) is 5.91 Å². The Morgan fingerprint density at radius 3 is 2.24 bits per heavy atom. The van der Waals surface area contributed by atoms with Crippen molar-refractivity contribution in [2.24, 2.45) is 0 Å². The number of benzene rings is 2. The Morgan fingerprint density at radius 1 is 0.952 bits per heavy atom. The van der Waals surface area contributed by atoms with Gasteiger partial charge in [-0.15, -0.1) is 0 Å². The smallest absolute Gasteiger partial charge is 0.399 e. The lowest BCUT2D eigenvalue weighted by atomic mass is 10.0. The minimum Gasteiger partial charge on any atom is -0.399 e. The van der Waals surface area contributed by atoms with Crippen molar-refractivity contribution in [3.05, 3.63) is 59.7 Å². The Hall–Kier alpha value is -3.95. The van der Waals surface area contributed by atoms with Crippen LogP contribution in [0.15, 0.2) is 48.5 Å². The number of hydrogen-bond donors (Lipinski definition) is 2. The minimum atomic E-state index is -4.65. The molecule has 11 nitrogen and oxygen atoms in total. The zero-order valence-corrected chi connectivity index (χ0v) is 23.6. The Kier molecular flexibility index (Phi) is 8.25. The number of morpholine rings is 1. The van der Waals surface area contributed by atoms with Crippen molar-refractivity contribution in [2.75, 3.05) is 74.7 Å². The van der Waals surface area contributed by atoms with Crippen LogP contribution < -0.4 is 16.0 Å². The summed E-state index contributed by atoms with van der Waals surface area (Å²) in [5, 5.41) is 3.05. The molecule has 2 saturated heterocycles. The number of nitrogens with two attached hydrogens (primary N) is 1. The highest BCUT2D eigenvalue weighted by Gasteiger charge is 2.35. The normalized spacial score (nSPS) is 16.9. The van der Waals surface area contributed by atoms with Crippen LogP contribution in [0, 0.1) is 0 Å². The quantitative estimate of drug-likeness (QED) is 0.407. The third-order valence-electron chi connectivity index (χ3n) is 7.06. The van der Waals surface area contributed by atoms with Gasteiger partial charge in [-0.1, -0.05) is 6.07 Å². The summed E-state index contributed by atoms with van der Waals surface area (Å²) in [7, 11) is -3.31. The second kappa shape index (κ2) is 11.7. The first kappa shape index (κ1) is 29.5. The molecule has 0 saturated carbocycles. The van der Waals surface area contributed by atoms with Gasteiger partial charge in [-0.25, -0.2) is 13.4 Å². The molecule has 15 heteroatoms. The number of hydrogen-bond acceptors (Lipinski definition) is 9. The van der Waals surface area contributed by atoms with E-state index in [4.69, 9.17) is 10.5 Å². The number of amides is 1. The van der Waals surface area contributed by atoms with E-state index in [1.807, 2.05) is 4.90 Å². The van der Waals surface area contributed by atoms with Crippen LogP contribution in [-0.2, 0) is 20.9 Å². The van der Waals surface area contributed by atoms with Crippen molar-refractivity contribution in [2.45, 2.75) is 6.18 Å². The van der Waals surface area contributed by atoms with Gasteiger partial charge in [0.05, 0.1) is 30.7 Å². The van der Waals surface area contributed by atoms with Gasteiger partial charge in [0.15, 0.2) is 0 Å². The third kappa shape index (κ3) is 6.74. The lowest BCUT2D eigenvalue weighted by Crippen LogP contribution is -2.50. The van der Waals surface area contributed by atoms with E-state index in [9.17, 15) is 26.4 Å². The van der Waals surface area contributed by atoms with Crippen LogP contribution in [0.1, 0.15) is 15.9 Å². The number of rotatable bonds is 6. The first-order valence-electron chi connectivity index (χ1n) is 13.2. The standard InChI is InChI=1S/C27H30F3N7O4S/c1-42(39,40)37-10-8-36(9-11-37)25(38)18-2-5-20(6-3-18)32-26-33-23(17-24(34-26)35-12-14-41-15-13-35)21-7-4-19(31)16-22(21)27(28,29)30/h2-7,16-17H,8-15,31H2,1H3,(H,32,33,34). The van der Waals surface area contributed by atoms with E-state index in [0.29, 0.717) is 43.4 Å². The monoisotopic (exact) mass is 605 g/mol. The van der Waals surface area contributed by atoms with Crippen LogP contribution in [0.5, 0.6) is 0 Å². The summed E-state index contributed by atoms with van der Waals surface area (Å²) in [5.74, 6) is 0.288. The van der Waals surface area contributed by atoms with E-state index in [-0.39, 0.29) is 55.0 Å². The van der Waals surface area contributed by atoms with Gasteiger partial charge in [-0.3, -0.25) is 4.79 Å². The summed E-state index contributed by atoms with van der Waals surface area (Å²) in [6.07, 6.45) is -3.51. The number of piperazine rings is 1. The molecule has 42 heavy (non-hydrogen) atoms. The van der Waals surface area contributed by atoms with Gasteiger partial charge in [0.1, 0.15) is 5.82 Å². The average molecular weight is 606 g/mol. The zero-order chi connectivity index (χ0) is 30.1. The predicted molar refractivity (Wildman–Crippen MR) is 152 cm³/mol. The van der Waals surface area contributed by atoms with Crippen molar-refractivity contribution < 1.29 is 31.1 Å². The molecule has 1 aromatic heterocycles. The van der Waals surface area contributed by atoms with Gasteiger partial charge in [0, 0.05) is 67.8 Å². The topological polar surface area (TPSA) is 134 Å². The molecule has 0 atom stereocenters. The van der Waals surface area contributed by atoms with E-state index in [1.165, 1.54) is 22.5 Å². The van der Waals surface area contributed by atoms with Crippen molar-refractivity contribution in [1.82, 2.24) is 19.2 Å². The van der Waals surface area contributed by atoms with Crippen LogP contribution in [0.2, 0.25) is 0 Å². The predicted octanol–water partition coefficient (Wildman–Crippen LogP) is 3.04. The lowest BCUT2D eigenvalue weighted by Gasteiger charge is -2.33. The molecule has 2 aliphatic heterocycles. The van der Waals surface area contributed by atoms with Gasteiger partial charge in [-0.05, 0) is 36.4 Å². The molecule has 0 spiro atoms. The molecule has 5 rings (SSSR count). The van der Waals surface area contributed by atoms with E-state index < -0.39 is 21.8 Å². The maximum atomic E-state index is 13.9. The van der Waals surface area contributed by atoms with Crippen LogP contribution in [0.4, 0.5) is 36.3 Å². The fourth-order valence-electron chi connectivity index (χ4n) is 4.83. The molecule has 0 unspecified atom stereocenters. The number of carbonyl (C=O) groups excluding carboxylic acids is 1. The summed E-state index contributed by atoms with van der Waals surface area (Å²) in [6, 6.07) is 11.6. The van der Waals surface area contributed by atoms with E-state index >= 15 is 0 Å². The molecule has 2 fully saturated rings. The summed E-state index contributed by atoms with van der Waals surface area (Å²) < 4.78 is 72.0. The van der Waals surface area contributed by atoms with Crippen LogP contribution >= 0.6 is 0 Å². The molecule has 0 bridgehead atoms. The number of sulfonamides is 1. The highest BCUT2D eigenvalue weighted by molar-refractivity contribution is 7.88. The van der Waals surface area contributed by atoms with Gasteiger partial charge < -0.3 is 25.6 Å². The average Bonchev–Trinajstić information content (AvgIpc) is 2.96. The number of anilines is 4. The number of ether oxygens (including phenoxy) is 1. The largest absolute Gasteiger partial charge is 0.417 e. The van der Waals surface area contributed by atoms with E-state index in [1.54, 1.807) is 29.2 Å². The van der Waals surface area contributed by atoms with Crippen LogP contribution in [0.25, 0.3) is 11.3 Å². The Morgan fingerprint density at radius 2 is 1.62 bits per heavy atom. The second-order valence-electron chi connectivity index (χ2n) is 9.99. The molecule has 3 aromatic rings. The maximum absolute atomic E-state index is 13.9. The SMILES string of the molecule is CS(=O)(=O)N1CCN(C(=O)c2ccc(Nc3nc(-c4ccc(N)cc4C(F)(F)F)cc(N4CCOCC4)n3)cc2)CC1. The summed E-state index contributed by atoms with van der Waals surface area (Å²) in [5.41, 5.74) is 5.62. The number of halogens is 3. The molecule has 2 aromatic carbocycles. The molecule has 3 heterocycles. The molecule has 0 radical (unpaired) electrons. The number of nitrogens with zero attached hydrogens (tertiary/aromatic N) is 5. The molecule has 0 aliphatic carbocycles. The first-order valence-corrected chi connectivity index (χ1v) is 15.0.